The number of rotatable bonds is 3. The molecule has 0 spiro atoms. The number of thioether (sulfide) groups is 1. The van der Waals surface area contributed by atoms with E-state index in [0.717, 1.165) is 16.4 Å². The van der Waals surface area contributed by atoms with Crippen molar-refractivity contribution < 1.29 is 0 Å². The summed E-state index contributed by atoms with van der Waals surface area (Å²) in [6.45, 7) is 2.01. The van der Waals surface area contributed by atoms with Crippen molar-refractivity contribution in [3.05, 3.63) is 34.1 Å². The molecule has 0 bridgehead atoms. The highest BCUT2D eigenvalue weighted by Gasteiger charge is 2.17. The van der Waals surface area contributed by atoms with Gasteiger partial charge in [-0.15, -0.1) is 0 Å². The second-order valence-electron chi connectivity index (χ2n) is 5.18. The molecular weight excluding hydrogens is 270 g/mol. The molecule has 2 aliphatic rings. The number of anilines is 1. The van der Waals surface area contributed by atoms with E-state index in [1.54, 1.807) is 18.0 Å². The van der Waals surface area contributed by atoms with Gasteiger partial charge < -0.3 is 16.4 Å². The number of nitrogens with two attached hydrogens (primary N) is 1. The van der Waals surface area contributed by atoms with Crippen molar-refractivity contribution in [3.8, 4) is 0 Å². The van der Waals surface area contributed by atoms with E-state index in [1.165, 1.54) is 25.7 Å². The summed E-state index contributed by atoms with van der Waals surface area (Å²) < 4.78 is 0. The van der Waals surface area contributed by atoms with E-state index in [4.69, 9.17) is 5.73 Å². The maximum absolute atomic E-state index is 6.18. The first kappa shape index (κ1) is 13.3. The molecule has 3 rings (SSSR count). The van der Waals surface area contributed by atoms with Gasteiger partial charge in [-0.25, -0.2) is 9.97 Å². The van der Waals surface area contributed by atoms with Crippen molar-refractivity contribution >= 4 is 23.4 Å². The Morgan fingerprint density at radius 2 is 2.25 bits per heavy atom. The first-order valence-electron chi connectivity index (χ1n) is 6.92. The fourth-order valence-electron chi connectivity index (χ4n) is 2.46. The largest absolute Gasteiger partial charge is 0.395 e. The van der Waals surface area contributed by atoms with Crippen LogP contribution in [0.25, 0.3) is 5.70 Å². The minimum Gasteiger partial charge on any atom is -0.395 e. The molecule has 1 aliphatic carbocycles. The number of allylic oxidation sites excluding steroid dienone is 1. The number of nitrogens with one attached hydrogen (secondary N) is 2. The van der Waals surface area contributed by atoms with Gasteiger partial charge in [0.05, 0.1) is 11.4 Å². The van der Waals surface area contributed by atoms with Crippen LogP contribution in [0.5, 0.6) is 0 Å². The molecular formula is C14H19N5S. The van der Waals surface area contributed by atoms with Crippen molar-refractivity contribution in [2.75, 3.05) is 5.32 Å². The van der Waals surface area contributed by atoms with E-state index in [9.17, 15) is 0 Å². The summed E-state index contributed by atoms with van der Waals surface area (Å²) in [5.74, 6) is 0.672. The molecule has 20 heavy (non-hydrogen) atoms. The van der Waals surface area contributed by atoms with Crippen LogP contribution in [0.1, 0.15) is 38.3 Å². The van der Waals surface area contributed by atoms with Crippen LogP contribution in [-0.2, 0) is 0 Å². The molecule has 106 valence electrons. The molecule has 1 aliphatic heterocycles. The SMILES string of the molecule is CC1=CS/C(=C(/N)c2ccnc(NC3CCCC3)n2)N1. The third kappa shape index (κ3) is 2.90. The highest BCUT2D eigenvalue weighted by molar-refractivity contribution is 8.06. The zero-order valence-corrected chi connectivity index (χ0v) is 12.3. The highest BCUT2D eigenvalue weighted by Crippen LogP contribution is 2.28. The zero-order chi connectivity index (χ0) is 13.9. The Labute approximate surface area is 123 Å². The first-order valence-corrected chi connectivity index (χ1v) is 7.80. The van der Waals surface area contributed by atoms with Crippen LogP contribution in [0.15, 0.2) is 28.4 Å². The van der Waals surface area contributed by atoms with Crippen molar-refractivity contribution in [1.29, 1.82) is 0 Å². The average molecular weight is 289 g/mol. The predicted octanol–water partition coefficient (Wildman–Crippen LogP) is 2.61. The minimum absolute atomic E-state index is 0.502. The smallest absolute Gasteiger partial charge is 0.223 e. The van der Waals surface area contributed by atoms with Gasteiger partial charge in [0.1, 0.15) is 5.03 Å². The van der Waals surface area contributed by atoms with E-state index in [-0.39, 0.29) is 0 Å². The van der Waals surface area contributed by atoms with E-state index >= 15 is 0 Å². The van der Waals surface area contributed by atoms with Crippen LogP contribution in [0.3, 0.4) is 0 Å². The molecule has 1 aromatic heterocycles. The van der Waals surface area contributed by atoms with Gasteiger partial charge >= 0.3 is 0 Å². The van der Waals surface area contributed by atoms with Crippen LogP contribution in [0.2, 0.25) is 0 Å². The van der Waals surface area contributed by atoms with E-state index in [2.05, 4.69) is 20.6 Å². The van der Waals surface area contributed by atoms with Gasteiger partial charge in [-0.2, -0.15) is 0 Å². The Balaban J connectivity index is 1.77. The number of hydrogen-bond donors (Lipinski definition) is 3. The lowest BCUT2D eigenvalue weighted by molar-refractivity contribution is 0.743. The molecule has 0 aromatic carbocycles. The third-order valence-electron chi connectivity index (χ3n) is 3.53. The molecule has 5 nitrogen and oxygen atoms in total. The Morgan fingerprint density at radius 1 is 1.45 bits per heavy atom. The molecule has 2 heterocycles. The Morgan fingerprint density at radius 3 is 2.95 bits per heavy atom. The van der Waals surface area contributed by atoms with Crippen LogP contribution in [0, 0.1) is 0 Å². The molecule has 1 saturated carbocycles. The van der Waals surface area contributed by atoms with Gasteiger partial charge in [0.25, 0.3) is 0 Å². The number of aromatic nitrogens is 2. The zero-order valence-electron chi connectivity index (χ0n) is 11.5. The molecule has 0 radical (unpaired) electrons. The Bertz CT molecular complexity index is 560. The lowest BCUT2D eigenvalue weighted by Gasteiger charge is -2.13. The van der Waals surface area contributed by atoms with E-state index in [1.807, 2.05) is 18.4 Å². The number of nitrogens with zero attached hydrogens (tertiary/aromatic N) is 2. The second-order valence-corrected chi connectivity index (χ2v) is 6.06. The summed E-state index contributed by atoms with van der Waals surface area (Å²) in [7, 11) is 0. The standard InChI is InChI=1S/C14H19N5S/c1-9-8-20-13(17-9)12(15)11-6-7-16-14(19-11)18-10-4-2-3-5-10/h6-8,10,17H,2-5,15H2,1H3,(H,16,18,19)/b13-12+. The molecule has 6 heteroatoms. The molecule has 4 N–H and O–H groups in total. The van der Waals surface area contributed by atoms with E-state index in [0.29, 0.717) is 17.7 Å². The summed E-state index contributed by atoms with van der Waals surface area (Å²) in [5.41, 5.74) is 8.72. The highest BCUT2D eigenvalue weighted by atomic mass is 32.2. The summed E-state index contributed by atoms with van der Waals surface area (Å²) in [6, 6.07) is 2.35. The maximum atomic E-state index is 6.18. The molecule has 0 atom stereocenters. The van der Waals surface area contributed by atoms with Crippen molar-refractivity contribution in [2.45, 2.75) is 38.6 Å². The maximum Gasteiger partial charge on any atom is 0.223 e. The molecule has 1 fully saturated rings. The lowest BCUT2D eigenvalue weighted by atomic mass is 10.2. The van der Waals surface area contributed by atoms with Gasteiger partial charge in [-0.1, -0.05) is 24.6 Å². The Hall–Kier alpha value is -1.69. The average Bonchev–Trinajstić information content (AvgIpc) is 3.10. The third-order valence-corrected chi connectivity index (χ3v) is 4.56. The monoisotopic (exact) mass is 289 g/mol. The van der Waals surface area contributed by atoms with Gasteiger partial charge in [-0.05, 0) is 31.2 Å². The quantitative estimate of drug-likeness (QED) is 0.794. The molecule has 0 saturated heterocycles. The van der Waals surface area contributed by atoms with Crippen molar-refractivity contribution in [1.82, 2.24) is 15.3 Å². The minimum atomic E-state index is 0.502. The fraction of sp³-hybridized carbons (Fsp3) is 0.429. The molecule has 1 aromatic rings. The second kappa shape index (κ2) is 5.75. The fourth-order valence-corrected chi connectivity index (χ4v) is 3.27. The normalized spacial score (nSPS) is 21.6. The predicted molar refractivity (Wildman–Crippen MR) is 83.5 cm³/mol. The van der Waals surface area contributed by atoms with Gasteiger partial charge in [0.15, 0.2) is 0 Å². The lowest BCUT2D eigenvalue weighted by Crippen LogP contribution is -2.18. The van der Waals surface area contributed by atoms with Crippen molar-refractivity contribution in [3.63, 3.8) is 0 Å². The first-order chi connectivity index (χ1) is 9.72. The van der Waals surface area contributed by atoms with Crippen molar-refractivity contribution in [2.24, 2.45) is 5.73 Å². The van der Waals surface area contributed by atoms with Crippen LogP contribution in [-0.4, -0.2) is 16.0 Å². The summed E-state index contributed by atoms with van der Waals surface area (Å²) >= 11 is 1.59. The summed E-state index contributed by atoms with van der Waals surface area (Å²) in [5, 5.41) is 9.62. The summed E-state index contributed by atoms with van der Waals surface area (Å²) in [4.78, 5) is 8.81. The van der Waals surface area contributed by atoms with Crippen LogP contribution >= 0.6 is 11.8 Å². The molecule has 0 amide bonds. The van der Waals surface area contributed by atoms with E-state index < -0.39 is 0 Å². The van der Waals surface area contributed by atoms with Crippen LogP contribution in [0.4, 0.5) is 5.95 Å². The van der Waals surface area contributed by atoms with Crippen LogP contribution < -0.4 is 16.4 Å². The van der Waals surface area contributed by atoms with Gasteiger partial charge in [-0.3, -0.25) is 0 Å². The molecule has 0 unspecified atom stereocenters. The van der Waals surface area contributed by atoms with Gasteiger partial charge in [0.2, 0.25) is 5.95 Å². The summed E-state index contributed by atoms with van der Waals surface area (Å²) in [6.07, 6.45) is 6.73. The Kier molecular flexibility index (Phi) is 3.82. The van der Waals surface area contributed by atoms with Gasteiger partial charge in [0, 0.05) is 17.9 Å². The number of hydrogen-bond acceptors (Lipinski definition) is 6. The topological polar surface area (TPSA) is 75.9 Å².